The van der Waals surface area contributed by atoms with E-state index in [0.29, 0.717) is 18.7 Å². The highest BCUT2D eigenvalue weighted by molar-refractivity contribution is 5.95. The lowest BCUT2D eigenvalue weighted by Crippen LogP contribution is -2.42. The van der Waals surface area contributed by atoms with Crippen molar-refractivity contribution in [3.8, 4) is 0 Å². The van der Waals surface area contributed by atoms with E-state index in [2.05, 4.69) is 5.32 Å². The molecule has 2 aliphatic heterocycles. The number of ether oxygens (including phenoxy) is 1. The van der Waals surface area contributed by atoms with Crippen molar-refractivity contribution in [3.05, 3.63) is 35.6 Å². The van der Waals surface area contributed by atoms with E-state index in [4.69, 9.17) is 4.74 Å². The highest BCUT2D eigenvalue weighted by Gasteiger charge is 2.50. The lowest BCUT2D eigenvalue weighted by atomic mass is 10.0. The second-order valence-electron chi connectivity index (χ2n) is 7.26. The van der Waals surface area contributed by atoms with E-state index in [0.717, 1.165) is 32.1 Å². The van der Waals surface area contributed by atoms with E-state index in [-0.39, 0.29) is 35.9 Å². The molecule has 1 saturated carbocycles. The van der Waals surface area contributed by atoms with Crippen molar-refractivity contribution in [3.63, 3.8) is 0 Å². The van der Waals surface area contributed by atoms with Crippen LogP contribution in [0.1, 0.15) is 42.5 Å². The molecule has 0 bridgehead atoms. The third-order valence-electron chi connectivity index (χ3n) is 5.66. The van der Waals surface area contributed by atoms with Crippen LogP contribution in [0.4, 0.5) is 4.39 Å². The first-order chi connectivity index (χ1) is 12.1. The van der Waals surface area contributed by atoms with Gasteiger partial charge in [-0.15, -0.1) is 0 Å². The first-order valence-electron chi connectivity index (χ1n) is 9.12. The number of likely N-dealkylation sites (tertiary alicyclic amines) is 1. The molecule has 3 aliphatic rings. The quantitative estimate of drug-likeness (QED) is 0.912. The molecule has 134 valence electrons. The summed E-state index contributed by atoms with van der Waals surface area (Å²) in [6.07, 6.45) is 4.83. The third kappa shape index (κ3) is 3.15. The summed E-state index contributed by atoms with van der Waals surface area (Å²) >= 11 is 0. The average Bonchev–Trinajstić information content (AvgIpc) is 3.31. The summed E-state index contributed by atoms with van der Waals surface area (Å²) in [5.41, 5.74) is 0.322. The van der Waals surface area contributed by atoms with Crippen LogP contribution >= 0.6 is 0 Å². The predicted octanol–water partition coefficient (Wildman–Crippen LogP) is 2.11. The van der Waals surface area contributed by atoms with Crippen LogP contribution in [0.2, 0.25) is 0 Å². The smallest absolute Gasteiger partial charge is 0.254 e. The molecule has 3 atom stereocenters. The first kappa shape index (κ1) is 16.5. The van der Waals surface area contributed by atoms with E-state index in [1.54, 1.807) is 11.0 Å². The summed E-state index contributed by atoms with van der Waals surface area (Å²) in [7, 11) is 0. The third-order valence-corrected chi connectivity index (χ3v) is 5.66. The fraction of sp³-hybridized carbons (Fsp3) is 0.579. The molecule has 2 saturated heterocycles. The normalized spacial score (nSPS) is 29.0. The van der Waals surface area contributed by atoms with Crippen LogP contribution in [0.15, 0.2) is 24.3 Å². The zero-order valence-corrected chi connectivity index (χ0v) is 14.1. The second kappa shape index (κ2) is 6.75. The predicted molar refractivity (Wildman–Crippen MR) is 89.5 cm³/mol. The van der Waals surface area contributed by atoms with Gasteiger partial charge in [0.2, 0.25) is 5.91 Å². The molecular formula is C19H23FN2O3. The maximum absolute atomic E-state index is 13.5. The number of carbonyl (C=O) groups is 2. The monoisotopic (exact) mass is 346 g/mol. The van der Waals surface area contributed by atoms with Gasteiger partial charge in [0.05, 0.1) is 18.1 Å². The minimum Gasteiger partial charge on any atom is -0.375 e. The Bertz CT molecular complexity index is 674. The van der Waals surface area contributed by atoms with Gasteiger partial charge in [-0.05, 0) is 37.5 Å². The van der Waals surface area contributed by atoms with Crippen LogP contribution in [-0.2, 0) is 9.53 Å². The lowest BCUT2D eigenvalue weighted by molar-refractivity contribution is -0.128. The molecule has 0 aromatic heterocycles. The number of hydrogen-bond donors (Lipinski definition) is 1. The van der Waals surface area contributed by atoms with Crippen molar-refractivity contribution in [2.75, 3.05) is 13.2 Å². The number of rotatable bonds is 3. The highest BCUT2D eigenvalue weighted by atomic mass is 19.1. The Kier molecular flexibility index (Phi) is 4.46. The van der Waals surface area contributed by atoms with Crippen LogP contribution in [0.5, 0.6) is 0 Å². The van der Waals surface area contributed by atoms with Gasteiger partial charge < -0.3 is 15.0 Å². The van der Waals surface area contributed by atoms with Crippen LogP contribution in [-0.4, -0.2) is 48.1 Å². The Labute approximate surface area is 146 Å². The number of benzene rings is 1. The summed E-state index contributed by atoms with van der Waals surface area (Å²) in [4.78, 5) is 27.2. The molecule has 2 amide bonds. The standard InChI is InChI=1S/C19H23FN2O3/c20-13-5-3-4-12(10-13)19(24)22-11-15(17-16(22)8-9-25-17)18(23)21-14-6-1-2-7-14/h3-5,10,14-17H,1-2,6-9,11H2,(H,21,23)/t15-,16+,17-/m1/s1. The molecule has 3 fully saturated rings. The molecule has 1 aromatic rings. The van der Waals surface area contributed by atoms with Crippen molar-refractivity contribution in [1.82, 2.24) is 10.2 Å². The van der Waals surface area contributed by atoms with Gasteiger partial charge in [0.1, 0.15) is 5.82 Å². The summed E-state index contributed by atoms with van der Waals surface area (Å²) < 4.78 is 19.2. The zero-order valence-electron chi connectivity index (χ0n) is 14.1. The van der Waals surface area contributed by atoms with E-state index in [9.17, 15) is 14.0 Å². The maximum Gasteiger partial charge on any atom is 0.254 e. The Morgan fingerprint density at radius 3 is 2.76 bits per heavy atom. The van der Waals surface area contributed by atoms with Gasteiger partial charge in [-0.25, -0.2) is 4.39 Å². The van der Waals surface area contributed by atoms with E-state index in [1.807, 2.05) is 0 Å². The number of fused-ring (bicyclic) bond motifs is 1. The topological polar surface area (TPSA) is 58.6 Å². The Morgan fingerprint density at radius 1 is 1.20 bits per heavy atom. The fourth-order valence-electron chi connectivity index (χ4n) is 4.40. The SMILES string of the molecule is O=C(NC1CCCC1)[C@@H]1CN(C(=O)c2cccc(F)c2)[C@H]2CCO[C@H]12. The number of amides is 2. The summed E-state index contributed by atoms with van der Waals surface area (Å²) in [6, 6.07) is 5.86. The van der Waals surface area contributed by atoms with Gasteiger partial charge in [-0.3, -0.25) is 9.59 Å². The summed E-state index contributed by atoms with van der Waals surface area (Å²) in [6.45, 7) is 0.888. The van der Waals surface area contributed by atoms with Gasteiger partial charge in [0, 0.05) is 24.8 Å². The Morgan fingerprint density at radius 2 is 2.00 bits per heavy atom. The van der Waals surface area contributed by atoms with E-state index >= 15 is 0 Å². The molecule has 1 N–H and O–H groups in total. The van der Waals surface area contributed by atoms with Gasteiger partial charge in [-0.2, -0.15) is 0 Å². The van der Waals surface area contributed by atoms with Gasteiger partial charge in [0.25, 0.3) is 5.91 Å². The Balaban J connectivity index is 1.50. The largest absolute Gasteiger partial charge is 0.375 e. The maximum atomic E-state index is 13.5. The second-order valence-corrected chi connectivity index (χ2v) is 7.26. The van der Waals surface area contributed by atoms with Crippen molar-refractivity contribution < 1.29 is 18.7 Å². The molecule has 5 nitrogen and oxygen atoms in total. The molecule has 0 unspecified atom stereocenters. The molecule has 6 heteroatoms. The van der Waals surface area contributed by atoms with Crippen LogP contribution in [0.3, 0.4) is 0 Å². The van der Waals surface area contributed by atoms with Gasteiger partial charge in [-0.1, -0.05) is 18.9 Å². The lowest BCUT2D eigenvalue weighted by Gasteiger charge is -2.22. The van der Waals surface area contributed by atoms with Crippen LogP contribution < -0.4 is 5.32 Å². The number of halogens is 1. The zero-order chi connectivity index (χ0) is 17.4. The highest BCUT2D eigenvalue weighted by Crippen LogP contribution is 2.35. The number of nitrogens with zero attached hydrogens (tertiary/aromatic N) is 1. The molecule has 4 rings (SSSR count). The van der Waals surface area contributed by atoms with E-state index in [1.165, 1.54) is 18.2 Å². The Hall–Kier alpha value is -1.95. The fourth-order valence-corrected chi connectivity index (χ4v) is 4.40. The molecule has 0 spiro atoms. The minimum absolute atomic E-state index is 0.0154. The first-order valence-corrected chi connectivity index (χ1v) is 9.12. The average molecular weight is 346 g/mol. The minimum atomic E-state index is -0.431. The van der Waals surface area contributed by atoms with Crippen LogP contribution in [0.25, 0.3) is 0 Å². The molecule has 1 aromatic carbocycles. The summed E-state index contributed by atoms with van der Waals surface area (Å²) in [5, 5.41) is 3.12. The molecule has 1 aliphatic carbocycles. The number of hydrogen-bond acceptors (Lipinski definition) is 3. The molecular weight excluding hydrogens is 323 g/mol. The number of nitrogens with one attached hydrogen (secondary N) is 1. The van der Waals surface area contributed by atoms with Crippen molar-refractivity contribution in [2.45, 2.75) is 50.3 Å². The van der Waals surface area contributed by atoms with Crippen molar-refractivity contribution >= 4 is 11.8 Å². The molecule has 0 radical (unpaired) electrons. The van der Waals surface area contributed by atoms with E-state index < -0.39 is 5.82 Å². The van der Waals surface area contributed by atoms with Crippen LogP contribution in [0, 0.1) is 11.7 Å². The molecule has 2 heterocycles. The van der Waals surface area contributed by atoms with Crippen molar-refractivity contribution in [2.24, 2.45) is 5.92 Å². The van der Waals surface area contributed by atoms with Gasteiger partial charge in [0.15, 0.2) is 0 Å². The molecule has 25 heavy (non-hydrogen) atoms. The summed E-state index contributed by atoms with van der Waals surface area (Å²) in [5.74, 6) is -1.01. The van der Waals surface area contributed by atoms with Crippen molar-refractivity contribution in [1.29, 1.82) is 0 Å². The number of carbonyl (C=O) groups excluding carboxylic acids is 2. The van der Waals surface area contributed by atoms with Gasteiger partial charge >= 0.3 is 0 Å².